The Morgan fingerprint density at radius 2 is 1.95 bits per heavy atom. The molecule has 0 aliphatic heterocycles. The molecular weight excluding hydrogens is 466 g/mol. The molecule has 110 valence electrons. The van der Waals surface area contributed by atoms with Crippen LogP contribution in [0.3, 0.4) is 0 Å². The van der Waals surface area contributed by atoms with Gasteiger partial charge in [0.05, 0.1) is 5.69 Å². The third kappa shape index (κ3) is 2.72. The lowest BCUT2D eigenvalue weighted by atomic mass is 10.3. The highest BCUT2D eigenvalue weighted by molar-refractivity contribution is 9.11. The third-order valence-corrected chi connectivity index (χ3v) is 6.46. The monoisotopic (exact) mass is 469 g/mol. The van der Waals surface area contributed by atoms with Gasteiger partial charge in [-0.2, -0.15) is 8.42 Å². The molecule has 0 radical (unpaired) electrons. The second-order valence-corrected chi connectivity index (χ2v) is 8.50. The van der Waals surface area contributed by atoms with Gasteiger partial charge < -0.3 is 0 Å². The fourth-order valence-corrected chi connectivity index (χ4v) is 5.77. The highest BCUT2D eigenvalue weighted by atomic mass is 79.9. The molecule has 3 aromatic rings. The normalized spacial score (nSPS) is 12.0. The van der Waals surface area contributed by atoms with Gasteiger partial charge in [-0.15, -0.1) is 11.3 Å². The summed E-state index contributed by atoms with van der Waals surface area (Å²) in [6, 6.07) is 5.26. The van der Waals surface area contributed by atoms with Crippen LogP contribution in [0.4, 0.5) is 5.69 Å². The van der Waals surface area contributed by atoms with Crippen molar-refractivity contribution < 1.29 is 8.42 Å². The summed E-state index contributed by atoms with van der Waals surface area (Å²) in [6.45, 7) is 0. The predicted molar refractivity (Wildman–Crippen MR) is 90.7 cm³/mol. The predicted octanol–water partition coefficient (Wildman–Crippen LogP) is 4.38. The van der Waals surface area contributed by atoms with Gasteiger partial charge in [0.25, 0.3) is 10.0 Å². The number of imidazole rings is 1. The smallest absolute Gasteiger partial charge is 0.278 e. The molecule has 0 unspecified atom stereocenters. The molecule has 1 N–H and O–H groups in total. The Morgan fingerprint density at radius 3 is 2.62 bits per heavy atom. The van der Waals surface area contributed by atoms with Gasteiger partial charge in [-0.05, 0) is 44.0 Å². The van der Waals surface area contributed by atoms with Crippen molar-refractivity contribution in [2.45, 2.75) is 5.03 Å². The fourth-order valence-electron chi connectivity index (χ4n) is 1.76. The Bertz CT molecular complexity index is 916. The molecule has 1 aromatic carbocycles. The van der Waals surface area contributed by atoms with Crippen LogP contribution < -0.4 is 4.72 Å². The molecule has 0 amide bonds. The van der Waals surface area contributed by atoms with Gasteiger partial charge in [0, 0.05) is 20.5 Å². The number of rotatable bonds is 3. The van der Waals surface area contributed by atoms with E-state index in [-0.39, 0.29) is 10.2 Å². The van der Waals surface area contributed by atoms with E-state index in [4.69, 9.17) is 11.6 Å². The van der Waals surface area contributed by atoms with Gasteiger partial charge in [-0.1, -0.05) is 17.7 Å². The number of aromatic nitrogens is 2. The largest absolute Gasteiger partial charge is 0.281 e. The van der Waals surface area contributed by atoms with E-state index in [2.05, 4.69) is 41.6 Å². The van der Waals surface area contributed by atoms with Gasteiger partial charge in [0.1, 0.15) is 0 Å². The molecule has 0 saturated heterocycles. The Labute approximate surface area is 146 Å². The van der Waals surface area contributed by atoms with Crippen molar-refractivity contribution in [3.63, 3.8) is 0 Å². The van der Waals surface area contributed by atoms with Gasteiger partial charge in [0.15, 0.2) is 15.1 Å². The fraction of sp³-hybridized carbons (Fsp3) is 0. The van der Waals surface area contributed by atoms with Crippen molar-refractivity contribution in [2.75, 3.05) is 4.72 Å². The summed E-state index contributed by atoms with van der Waals surface area (Å²) in [5.41, 5.74) is 0.402. The number of nitrogens with one attached hydrogen (secondary N) is 1. The minimum absolute atomic E-state index is 0.0578. The second kappa shape index (κ2) is 5.54. The standard InChI is InChI=1S/C11H6Br2ClN3O2S2/c12-6-2-1-3-7(13)8(6)16-21(18,19)10-9(14)15-11-17(10)4-5-20-11/h1-5,16H. The number of halogens is 3. The van der Waals surface area contributed by atoms with Crippen molar-refractivity contribution in [1.82, 2.24) is 9.38 Å². The minimum atomic E-state index is -3.88. The quantitative estimate of drug-likeness (QED) is 0.617. The molecule has 10 heteroatoms. The van der Waals surface area contributed by atoms with E-state index in [1.807, 2.05) is 0 Å². The van der Waals surface area contributed by atoms with Crippen LogP contribution in [0, 0.1) is 0 Å². The Kier molecular flexibility index (Phi) is 4.04. The molecule has 3 rings (SSSR count). The molecule has 0 saturated carbocycles. The number of thiazole rings is 1. The number of sulfonamides is 1. The maximum atomic E-state index is 12.6. The van der Waals surface area contributed by atoms with Crippen LogP contribution in [0.15, 0.2) is 43.7 Å². The lowest BCUT2D eigenvalue weighted by molar-refractivity contribution is 0.596. The summed E-state index contributed by atoms with van der Waals surface area (Å²) in [5.74, 6) is 0. The van der Waals surface area contributed by atoms with E-state index in [1.165, 1.54) is 15.7 Å². The number of fused-ring (bicyclic) bond motifs is 1. The molecule has 2 aromatic heterocycles. The topological polar surface area (TPSA) is 63.5 Å². The zero-order valence-corrected chi connectivity index (χ0v) is 15.6. The van der Waals surface area contributed by atoms with Crippen LogP contribution in [0.25, 0.3) is 4.96 Å². The van der Waals surface area contributed by atoms with E-state index in [0.717, 1.165) is 0 Å². The Morgan fingerprint density at radius 1 is 1.29 bits per heavy atom. The van der Waals surface area contributed by atoms with E-state index in [1.54, 1.807) is 29.8 Å². The number of hydrogen-bond donors (Lipinski definition) is 1. The SMILES string of the molecule is O=S(=O)(Nc1c(Br)cccc1Br)c1c(Cl)nc2sccn12. The maximum Gasteiger partial charge on any atom is 0.281 e. The first kappa shape index (κ1) is 15.3. The van der Waals surface area contributed by atoms with Gasteiger partial charge in [0.2, 0.25) is 0 Å². The van der Waals surface area contributed by atoms with Crippen LogP contribution in [0.5, 0.6) is 0 Å². The molecule has 21 heavy (non-hydrogen) atoms. The van der Waals surface area contributed by atoms with E-state index in [9.17, 15) is 8.42 Å². The van der Waals surface area contributed by atoms with Gasteiger partial charge in [-0.25, -0.2) is 4.98 Å². The van der Waals surface area contributed by atoms with E-state index >= 15 is 0 Å². The van der Waals surface area contributed by atoms with Crippen LogP contribution in [0.2, 0.25) is 5.15 Å². The zero-order valence-electron chi connectivity index (χ0n) is 10.0. The Hall–Kier alpha value is -0.610. The highest BCUT2D eigenvalue weighted by Crippen LogP contribution is 2.34. The summed E-state index contributed by atoms with van der Waals surface area (Å²) in [6.07, 6.45) is 1.61. The lowest BCUT2D eigenvalue weighted by Gasteiger charge is -2.11. The summed E-state index contributed by atoms with van der Waals surface area (Å²) in [4.78, 5) is 4.55. The molecular formula is C11H6Br2ClN3O2S2. The number of hydrogen-bond acceptors (Lipinski definition) is 4. The molecule has 0 aliphatic rings. The summed E-state index contributed by atoms with van der Waals surface area (Å²) >= 11 is 13.9. The minimum Gasteiger partial charge on any atom is -0.278 e. The van der Waals surface area contributed by atoms with Crippen molar-refractivity contribution in [2.24, 2.45) is 0 Å². The molecule has 0 bridgehead atoms. The first-order valence-corrected chi connectivity index (χ1v) is 9.81. The Balaban J connectivity index is 2.13. The molecule has 2 heterocycles. The summed E-state index contributed by atoms with van der Waals surface area (Å²) in [5, 5.41) is 1.60. The second-order valence-electron chi connectivity index (χ2n) is 3.97. The molecule has 5 nitrogen and oxygen atoms in total. The molecule has 0 aliphatic carbocycles. The van der Waals surface area contributed by atoms with Gasteiger partial charge >= 0.3 is 0 Å². The van der Waals surface area contributed by atoms with E-state index in [0.29, 0.717) is 19.6 Å². The average molecular weight is 472 g/mol. The third-order valence-electron chi connectivity index (χ3n) is 2.63. The maximum absolute atomic E-state index is 12.6. The van der Waals surface area contributed by atoms with Crippen LogP contribution in [-0.2, 0) is 10.0 Å². The number of para-hydroxylation sites is 1. The van der Waals surface area contributed by atoms with Gasteiger partial charge in [-0.3, -0.25) is 9.12 Å². The van der Waals surface area contributed by atoms with E-state index < -0.39 is 10.0 Å². The van der Waals surface area contributed by atoms with Crippen molar-refractivity contribution >= 4 is 75.5 Å². The van der Waals surface area contributed by atoms with Crippen molar-refractivity contribution in [3.05, 3.63) is 43.9 Å². The highest BCUT2D eigenvalue weighted by Gasteiger charge is 2.26. The molecule has 0 atom stereocenters. The van der Waals surface area contributed by atoms with Crippen LogP contribution >= 0.6 is 54.8 Å². The number of benzene rings is 1. The first-order valence-electron chi connectivity index (χ1n) is 5.48. The van der Waals surface area contributed by atoms with Crippen LogP contribution in [-0.4, -0.2) is 17.8 Å². The average Bonchev–Trinajstić information content (AvgIpc) is 2.93. The lowest BCUT2D eigenvalue weighted by Crippen LogP contribution is -2.16. The molecule has 0 spiro atoms. The van der Waals surface area contributed by atoms with Crippen LogP contribution in [0.1, 0.15) is 0 Å². The zero-order chi connectivity index (χ0) is 15.2. The molecule has 0 fully saturated rings. The van der Waals surface area contributed by atoms with Crippen molar-refractivity contribution in [1.29, 1.82) is 0 Å². The first-order chi connectivity index (χ1) is 9.90. The van der Waals surface area contributed by atoms with Crippen molar-refractivity contribution in [3.8, 4) is 0 Å². The summed E-state index contributed by atoms with van der Waals surface area (Å²) < 4.78 is 30.4. The summed E-state index contributed by atoms with van der Waals surface area (Å²) in [7, 11) is -3.88. The number of anilines is 1. The number of nitrogens with zero attached hydrogens (tertiary/aromatic N) is 2.